The van der Waals surface area contributed by atoms with Gasteiger partial charge in [-0.2, -0.15) is 0 Å². The number of fused-ring (bicyclic) bond motifs is 2. The summed E-state index contributed by atoms with van der Waals surface area (Å²) in [5, 5.41) is 5.83. The molecule has 0 bridgehead atoms. The summed E-state index contributed by atoms with van der Waals surface area (Å²) in [6, 6.07) is 4.28. The molecule has 1 aromatic carbocycles. The van der Waals surface area contributed by atoms with E-state index in [0.717, 1.165) is 47.7 Å². The third-order valence-electron chi connectivity index (χ3n) is 5.39. The molecule has 2 heterocycles. The lowest BCUT2D eigenvalue weighted by atomic mass is 10.1. The van der Waals surface area contributed by atoms with Crippen LogP contribution in [0.3, 0.4) is 0 Å². The summed E-state index contributed by atoms with van der Waals surface area (Å²) in [6.45, 7) is 0.621. The van der Waals surface area contributed by atoms with Gasteiger partial charge in [0, 0.05) is 17.0 Å². The molecule has 4 rings (SSSR count). The highest BCUT2D eigenvalue weighted by Crippen LogP contribution is 2.36. The van der Waals surface area contributed by atoms with Crippen molar-refractivity contribution < 1.29 is 8.42 Å². The molecule has 0 amide bonds. The molecule has 10 heteroatoms. The van der Waals surface area contributed by atoms with Crippen LogP contribution >= 0.6 is 11.8 Å². The first kappa shape index (κ1) is 21.6. The van der Waals surface area contributed by atoms with E-state index in [0.29, 0.717) is 29.9 Å². The Balaban J connectivity index is 1.62. The topological polar surface area (TPSA) is 130 Å². The van der Waals surface area contributed by atoms with Crippen LogP contribution in [0.5, 0.6) is 0 Å². The van der Waals surface area contributed by atoms with Crippen molar-refractivity contribution in [2.45, 2.75) is 55.1 Å². The number of nitrogens with zero attached hydrogens (tertiary/aromatic N) is 4. The van der Waals surface area contributed by atoms with Crippen LogP contribution in [0.1, 0.15) is 42.4 Å². The average Bonchev–Trinajstić information content (AvgIpc) is 3.31. The molecule has 3 aromatic rings. The number of nitrogens with two attached hydrogens (primary N) is 2. The summed E-state index contributed by atoms with van der Waals surface area (Å²) in [5.41, 5.74) is 10.8. The highest BCUT2D eigenvalue weighted by molar-refractivity contribution is 7.99. The molecule has 0 atom stereocenters. The zero-order valence-corrected chi connectivity index (χ0v) is 18.7. The zero-order valence-electron chi connectivity index (χ0n) is 17.0. The van der Waals surface area contributed by atoms with Gasteiger partial charge in [0.25, 0.3) is 0 Å². The fourth-order valence-corrected chi connectivity index (χ4v) is 5.52. The molecule has 0 fully saturated rings. The maximum absolute atomic E-state index is 11.1. The molecule has 1 aliphatic rings. The number of primary sulfonamides is 1. The van der Waals surface area contributed by atoms with Gasteiger partial charge in [-0.05, 0) is 55.4 Å². The number of imidazole rings is 1. The number of hydrogen-bond donors (Lipinski definition) is 2. The molecule has 0 unspecified atom stereocenters. The fraction of sp³-hybridized carbons (Fsp3) is 0.381. The number of benzene rings is 1. The SMILES string of the molecule is C#Cc1cc2c(cc1Sc1nc3c(N)ncnc3n1CCCCCS(N)(=O)=O)CCC2. The van der Waals surface area contributed by atoms with E-state index in [-0.39, 0.29) is 5.75 Å². The minimum atomic E-state index is -3.44. The van der Waals surface area contributed by atoms with Crippen molar-refractivity contribution in [3.63, 3.8) is 0 Å². The van der Waals surface area contributed by atoms with Crippen molar-refractivity contribution in [1.29, 1.82) is 0 Å². The summed E-state index contributed by atoms with van der Waals surface area (Å²) in [6.07, 6.45) is 12.5. The standard InChI is InChI=1S/C21H24N6O2S2/c1-2-14-11-15-7-6-8-16(15)12-17(14)30-21-26-18-19(22)24-13-25-20(18)27(21)9-4-3-5-10-31(23,28)29/h1,11-13H,3-10H2,(H2,22,24,25)(H2,23,28,29). The van der Waals surface area contributed by atoms with Crippen molar-refractivity contribution in [2.75, 3.05) is 11.5 Å². The van der Waals surface area contributed by atoms with E-state index in [2.05, 4.69) is 28.0 Å². The Bertz CT molecular complexity index is 1280. The van der Waals surface area contributed by atoms with E-state index in [9.17, 15) is 8.42 Å². The largest absolute Gasteiger partial charge is 0.382 e. The van der Waals surface area contributed by atoms with E-state index >= 15 is 0 Å². The Labute approximate surface area is 185 Å². The molecule has 162 valence electrons. The summed E-state index contributed by atoms with van der Waals surface area (Å²) in [4.78, 5) is 14.1. The van der Waals surface area contributed by atoms with Gasteiger partial charge in [-0.25, -0.2) is 28.5 Å². The molecule has 1 aliphatic carbocycles. The van der Waals surface area contributed by atoms with Crippen molar-refractivity contribution in [1.82, 2.24) is 19.5 Å². The van der Waals surface area contributed by atoms with Crippen LogP contribution in [0.15, 0.2) is 28.5 Å². The van der Waals surface area contributed by atoms with Gasteiger partial charge >= 0.3 is 0 Å². The molecule has 0 spiro atoms. The second kappa shape index (κ2) is 8.86. The molecule has 0 saturated carbocycles. The maximum atomic E-state index is 11.1. The Morgan fingerprint density at radius 1 is 1.16 bits per heavy atom. The fourth-order valence-electron chi connectivity index (χ4n) is 3.86. The van der Waals surface area contributed by atoms with E-state index in [1.54, 1.807) is 0 Å². The van der Waals surface area contributed by atoms with Crippen LogP contribution in [0.25, 0.3) is 11.2 Å². The Hall–Kier alpha value is -2.61. The van der Waals surface area contributed by atoms with Crippen LogP contribution < -0.4 is 10.9 Å². The van der Waals surface area contributed by atoms with Crippen LogP contribution in [0.2, 0.25) is 0 Å². The van der Waals surface area contributed by atoms with E-state index in [1.807, 2.05) is 4.57 Å². The van der Waals surface area contributed by atoms with Crippen molar-refractivity contribution in [3.8, 4) is 12.3 Å². The number of aryl methyl sites for hydroxylation is 3. The van der Waals surface area contributed by atoms with Crippen molar-refractivity contribution >= 4 is 38.8 Å². The van der Waals surface area contributed by atoms with Gasteiger partial charge in [-0.15, -0.1) is 6.42 Å². The lowest BCUT2D eigenvalue weighted by Crippen LogP contribution is -2.16. The smallest absolute Gasteiger partial charge is 0.209 e. The second-order valence-corrected chi connectivity index (χ2v) is 10.4. The van der Waals surface area contributed by atoms with Crippen LogP contribution in [0.4, 0.5) is 5.82 Å². The predicted octanol–water partition coefficient (Wildman–Crippen LogP) is 2.49. The summed E-state index contributed by atoms with van der Waals surface area (Å²) in [7, 11) is -3.44. The summed E-state index contributed by atoms with van der Waals surface area (Å²) in [5.74, 6) is 3.11. The number of hydrogen-bond acceptors (Lipinski definition) is 7. The van der Waals surface area contributed by atoms with Gasteiger partial charge in [-0.3, -0.25) is 0 Å². The Morgan fingerprint density at radius 2 is 1.94 bits per heavy atom. The van der Waals surface area contributed by atoms with Gasteiger partial charge in [0.2, 0.25) is 10.0 Å². The first-order valence-corrected chi connectivity index (χ1v) is 12.7. The van der Waals surface area contributed by atoms with Gasteiger partial charge < -0.3 is 10.3 Å². The van der Waals surface area contributed by atoms with Crippen molar-refractivity contribution in [3.05, 3.63) is 35.2 Å². The highest BCUT2D eigenvalue weighted by atomic mass is 32.2. The Morgan fingerprint density at radius 3 is 2.68 bits per heavy atom. The first-order chi connectivity index (χ1) is 14.9. The zero-order chi connectivity index (χ0) is 22.0. The van der Waals surface area contributed by atoms with Crippen molar-refractivity contribution in [2.24, 2.45) is 5.14 Å². The third kappa shape index (κ3) is 4.84. The Kier molecular flexibility index (Phi) is 6.18. The summed E-state index contributed by atoms with van der Waals surface area (Å²) < 4.78 is 24.3. The normalized spacial score (nSPS) is 13.4. The van der Waals surface area contributed by atoms with Gasteiger partial charge in [0.05, 0.1) is 5.75 Å². The molecule has 0 saturated heterocycles. The van der Waals surface area contributed by atoms with E-state index in [1.165, 1.54) is 29.2 Å². The molecule has 2 aromatic heterocycles. The number of rotatable bonds is 8. The van der Waals surface area contributed by atoms with E-state index < -0.39 is 10.0 Å². The number of terminal acetylenes is 1. The molecule has 8 nitrogen and oxygen atoms in total. The number of anilines is 1. The van der Waals surface area contributed by atoms with Crippen LogP contribution in [-0.4, -0.2) is 33.7 Å². The third-order valence-corrected chi connectivity index (χ3v) is 7.30. The number of nitrogen functional groups attached to an aromatic ring is 1. The first-order valence-electron chi connectivity index (χ1n) is 10.1. The number of sulfonamides is 1. The number of aromatic nitrogens is 4. The van der Waals surface area contributed by atoms with Gasteiger partial charge in [0.15, 0.2) is 22.1 Å². The quantitative estimate of drug-likeness (QED) is 0.393. The highest BCUT2D eigenvalue weighted by Gasteiger charge is 2.19. The predicted molar refractivity (Wildman–Crippen MR) is 122 cm³/mol. The monoisotopic (exact) mass is 456 g/mol. The minimum Gasteiger partial charge on any atom is -0.382 e. The van der Waals surface area contributed by atoms with Crippen LogP contribution in [0, 0.1) is 12.3 Å². The molecule has 0 radical (unpaired) electrons. The molecular weight excluding hydrogens is 432 g/mol. The summed E-state index contributed by atoms with van der Waals surface area (Å²) >= 11 is 1.50. The van der Waals surface area contributed by atoms with E-state index in [4.69, 9.17) is 22.3 Å². The minimum absolute atomic E-state index is 0.0188. The van der Waals surface area contributed by atoms with Gasteiger partial charge in [0.1, 0.15) is 6.33 Å². The molecular formula is C21H24N6O2S2. The van der Waals surface area contributed by atoms with Gasteiger partial charge in [-0.1, -0.05) is 24.1 Å². The molecule has 31 heavy (non-hydrogen) atoms. The second-order valence-electron chi connectivity index (χ2n) is 7.62. The molecule has 4 N–H and O–H groups in total. The van der Waals surface area contributed by atoms with Crippen LogP contribution in [-0.2, 0) is 29.4 Å². The lowest BCUT2D eigenvalue weighted by Gasteiger charge is -2.11. The maximum Gasteiger partial charge on any atom is 0.209 e. The average molecular weight is 457 g/mol. The molecule has 0 aliphatic heterocycles. The number of unbranched alkanes of at least 4 members (excludes halogenated alkanes) is 2. The lowest BCUT2D eigenvalue weighted by molar-refractivity contribution is 0.565.